The van der Waals surface area contributed by atoms with Crippen molar-refractivity contribution < 1.29 is 40.3 Å². The van der Waals surface area contributed by atoms with Crippen molar-refractivity contribution in [2.24, 2.45) is 0 Å². The van der Waals surface area contributed by atoms with Crippen molar-refractivity contribution in [3.05, 3.63) is 75.1 Å². The van der Waals surface area contributed by atoms with Gasteiger partial charge in [0.2, 0.25) is 0 Å². The molecule has 0 aliphatic rings. The Bertz CT molecular complexity index is 1210. The minimum Gasteiger partial charge on any atom is -0.335 e. The Morgan fingerprint density at radius 1 is 1.03 bits per heavy atom. The number of amides is 1. The first kappa shape index (κ1) is 23.6. The van der Waals surface area contributed by atoms with E-state index in [-0.39, 0.29) is 23.2 Å². The van der Waals surface area contributed by atoms with E-state index in [9.17, 15) is 40.3 Å². The summed E-state index contributed by atoms with van der Waals surface area (Å²) in [7, 11) is 0. The Hall–Kier alpha value is -3.02. The Balaban J connectivity index is 1.98. The fourth-order valence-electron chi connectivity index (χ4n) is 2.90. The first-order valence-electron chi connectivity index (χ1n) is 8.61. The number of pyridine rings is 1. The average Bonchev–Trinajstić information content (AvgIpc) is 2.71. The Labute approximate surface area is 183 Å². The molecule has 1 atom stereocenters. The van der Waals surface area contributed by atoms with Gasteiger partial charge in [-0.05, 0) is 57.9 Å². The molecule has 12 heteroatoms. The van der Waals surface area contributed by atoms with Crippen LogP contribution in [0.3, 0.4) is 0 Å². The van der Waals surface area contributed by atoms with Crippen LogP contribution in [0.1, 0.15) is 38.0 Å². The molecule has 0 saturated carbocycles. The molecule has 0 spiro atoms. The van der Waals surface area contributed by atoms with Crippen LogP contribution in [-0.2, 0) is 6.18 Å². The molecular weight excluding hydrogens is 513 g/mol. The van der Waals surface area contributed by atoms with Crippen molar-refractivity contribution in [3.63, 3.8) is 0 Å². The van der Waals surface area contributed by atoms with Crippen molar-refractivity contribution in [3.8, 4) is 0 Å². The van der Waals surface area contributed by atoms with Crippen LogP contribution in [0.25, 0.3) is 10.9 Å². The number of fused-ring (bicyclic) bond motifs is 1. The number of aromatic nitrogens is 1. The molecule has 0 fully saturated rings. The molecule has 1 N–H and O–H groups in total. The SMILES string of the molecule is O=Cc1ccc2nc(C(=O)NC(c3ccc(F)c(C(F)(F)F)c3)C(F)(F)F)ccc2c1Br. The van der Waals surface area contributed by atoms with Gasteiger partial charge >= 0.3 is 12.4 Å². The smallest absolute Gasteiger partial charge is 0.335 e. The number of nitrogens with zero attached hydrogens (tertiary/aromatic N) is 1. The summed E-state index contributed by atoms with van der Waals surface area (Å²) in [5.74, 6) is -3.06. The van der Waals surface area contributed by atoms with Crippen molar-refractivity contribution >= 4 is 39.0 Å². The maximum atomic E-state index is 13.6. The number of hydrogen-bond acceptors (Lipinski definition) is 3. The maximum Gasteiger partial charge on any atom is 0.419 e. The lowest BCUT2D eigenvalue weighted by Gasteiger charge is -2.23. The average molecular weight is 523 g/mol. The van der Waals surface area contributed by atoms with Gasteiger partial charge in [-0.25, -0.2) is 9.37 Å². The van der Waals surface area contributed by atoms with Crippen molar-refractivity contribution in [2.75, 3.05) is 0 Å². The molecule has 32 heavy (non-hydrogen) atoms. The molecular formula is C20H10BrF7N2O2. The van der Waals surface area contributed by atoms with E-state index in [2.05, 4.69) is 20.9 Å². The van der Waals surface area contributed by atoms with Crippen LogP contribution >= 0.6 is 15.9 Å². The minimum atomic E-state index is -5.23. The van der Waals surface area contributed by atoms with Gasteiger partial charge in [0.25, 0.3) is 5.91 Å². The van der Waals surface area contributed by atoms with Gasteiger partial charge in [0.15, 0.2) is 12.3 Å². The summed E-state index contributed by atoms with van der Waals surface area (Å²) >= 11 is 3.19. The maximum absolute atomic E-state index is 13.6. The third kappa shape index (κ3) is 4.74. The third-order valence-corrected chi connectivity index (χ3v) is 5.31. The highest BCUT2D eigenvalue weighted by Gasteiger charge is 2.44. The summed E-state index contributed by atoms with van der Waals surface area (Å²) in [4.78, 5) is 27.4. The second kappa shape index (κ2) is 8.49. The van der Waals surface area contributed by atoms with Gasteiger partial charge in [0.1, 0.15) is 11.5 Å². The molecule has 1 unspecified atom stereocenters. The van der Waals surface area contributed by atoms with Crippen molar-refractivity contribution in [2.45, 2.75) is 18.4 Å². The van der Waals surface area contributed by atoms with Gasteiger partial charge in [-0.3, -0.25) is 9.59 Å². The van der Waals surface area contributed by atoms with Gasteiger partial charge in [0.05, 0.1) is 11.1 Å². The zero-order chi connectivity index (χ0) is 23.8. The molecule has 0 aliphatic heterocycles. The lowest BCUT2D eigenvalue weighted by atomic mass is 10.0. The first-order valence-corrected chi connectivity index (χ1v) is 9.41. The Kier molecular flexibility index (Phi) is 6.27. The topological polar surface area (TPSA) is 59.1 Å². The van der Waals surface area contributed by atoms with E-state index in [1.165, 1.54) is 18.2 Å². The third-order valence-electron chi connectivity index (χ3n) is 4.43. The highest BCUT2D eigenvalue weighted by molar-refractivity contribution is 9.10. The van der Waals surface area contributed by atoms with Gasteiger partial charge in [-0.2, -0.15) is 26.3 Å². The number of hydrogen-bond donors (Lipinski definition) is 1. The Morgan fingerprint density at radius 2 is 1.72 bits per heavy atom. The zero-order valence-corrected chi connectivity index (χ0v) is 17.1. The molecule has 4 nitrogen and oxygen atoms in total. The zero-order valence-electron chi connectivity index (χ0n) is 15.5. The predicted octanol–water partition coefficient (Wildman–Crippen LogP) is 6.00. The molecule has 168 valence electrons. The first-order chi connectivity index (χ1) is 14.8. The minimum absolute atomic E-state index is 0.000341. The van der Waals surface area contributed by atoms with Gasteiger partial charge in [-0.15, -0.1) is 0 Å². The summed E-state index contributed by atoms with van der Waals surface area (Å²) in [5.41, 5.74) is -2.88. The van der Waals surface area contributed by atoms with E-state index >= 15 is 0 Å². The van der Waals surface area contributed by atoms with Crippen LogP contribution in [0.4, 0.5) is 30.7 Å². The molecule has 1 amide bonds. The number of carbonyl (C=O) groups excluding carboxylic acids is 2. The van der Waals surface area contributed by atoms with E-state index < -0.39 is 46.9 Å². The van der Waals surface area contributed by atoms with E-state index in [1.807, 2.05) is 0 Å². The van der Waals surface area contributed by atoms with Crippen LogP contribution in [0.5, 0.6) is 0 Å². The highest BCUT2D eigenvalue weighted by atomic mass is 79.9. The summed E-state index contributed by atoms with van der Waals surface area (Å²) < 4.78 is 93.2. The van der Waals surface area contributed by atoms with Gasteiger partial charge in [0, 0.05) is 15.4 Å². The number of carbonyl (C=O) groups is 2. The molecule has 3 rings (SSSR count). The van der Waals surface area contributed by atoms with Crippen LogP contribution in [0.15, 0.2) is 46.9 Å². The van der Waals surface area contributed by atoms with E-state index in [0.717, 1.165) is 6.07 Å². The van der Waals surface area contributed by atoms with E-state index in [4.69, 9.17) is 0 Å². The van der Waals surface area contributed by atoms with Crippen LogP contribution in [0, 0.1) is 5.82 Å². The molecule has 1 heterocycles. The lowest BCUT2D eigenvalue weighted by molar-refractivity contribution is -0.156. The molecule has 0 bridgehead atoms. The Morgan fingerprint density at radius 3 is 2.31 bits per heavy atom. The largest absolute Gasteiger partial charge is 0.419 e. The number of nitrogens with one attached hydrogen (secondary N) is 1. The quantitative estimate of drug-likeness (QED) is 0.337. The van der Waals surface area contributed by atoms with E-state index in [0.29, 0.717) is 22.2 Å². The fourth-order valence-corrected chi connectivity index (χ4v) is 3.46. The lowest BCUT2D eigenvalue weighted by Crippen LogP contribution is -2.38. The van der Waals surface area contributed by atoms with Gasteiger partial charge in [-0.1, -0.05) is 6.07 Å². The van der Waals surface area contributed by atoms with Crippen LogP contribution < -0.4 is 5.32 Å². The summed E-state index contributed by atoms with van der Waals surface area (Å²) in [6, 6.07) is 3.10. The predicted molar refractivity (Wildman–Crippen MR) is 102 cm³/mol. The number of halogens is 8. The standard InChI is InChI=1S/C20H10BrF7N2O2/c21-16-10(8-31)2-5-14-11(16)3-6-15(29-14)18(32)30-17(20(26,27)28)9-1-4-13(22)12(7-9)19(23,24)25/h1-8,17H,(H,30,32). The van der Waals surface area contributed by atoms with Gasteiger partial charge < -0.3 is 5.32 Å². The highest BCUT2D eigenvalue weighted by Crippen LogP contribution is 2.37. The second-order valence-corrected chi connectivity index (χ2v) is 7.33. The normalized spacial score (nSPS) is 13.1. The number of aldehydes is 1. The summed E-state index contributed by atoms with van der Waals surface area (Å²) in [5, 5.41) is 2.01. The molecule has 0 aliphatic carbocycles. The monoisotopic (exact) mass is 522 g/mol. The van der Waals surface area contributed by atoms with Crippen LogP contribution in [-0.4, -0.2) is 23.4 Å². The van der Waals surface area contributed by atoms with E-state index in [1.54, 1.807) is 5.32 Å². The van der Waals surface area contributed by atoms with Crippen molar-refractivity contribution in [1.29, 1.82) is 0 Å². The summed E-state index contributed by atoms with van der Waals surface area (Å²) in [6.07, 6.45) is -9.85. The number of alkyl halides is 6. The number of benzene rings is 2. The molecule has 0 saturated heterocycles. The second-order valence-electron chi connectivity index (χ2n) is 6.53. The van der Waals surface area contributed by atoms with Crippen LogP contribution in [0.2, 0.25) is 0 Å². The van der Waals surface area contributed by atoms with Crippen molar-refractivity contribution in [1.82, 2.24) is 10.3 Å². The number of rotatable bonds is 4. The fraction of sp³-hybridized carbons (Fsp3) is 0.150. The molecule has 2 aromatic carbocycles. The summed E-state index contributed by atoms with van der Waals surface area (Å²) in [6.45, 7) is 0. The molecule has 3 aromatic rings. The molecule has 0 radical (unpaired) electrons. The molecule has 1 aromatic heterocycles.